The highest BCUT2D eigenvalue weighted by atomic mass is 15.2. The predicted molar refractivity (Wildman–Crippen MR) is 70.1 cm³/mol. The quantitative estimate of drug-likeness (QED) is 0.816. The molecule has 1 N–H and O–H groups in total. The summed E-state index contributed by atoms with van der Waals surface area (Å²) in [6.07, 6.45) is 2.41. The molecule has 1 atom stereocenters. The van der Waals surface area contributed by atoms with Gasteiger partial charge in [0.1, 0.15) is 0 Å². The minimum atomic E-state index is 0.621. The highest BCUT2D eigenvalue weighted by Crippen LogP contribution is 2.27. The van der Waals surface area contributed by atoms with Crippen LogP contribution >= 0.6 is 0 Å². The van der Waals surface area contributed by atoms with Crippen molar-refractivity contribution in [2.45, 2.75) is 32.7 Å². The maximum Gasteiger partial charge on any atom is 0.0400 e. The van der Waals surface area contributed by atoms with Crippen molar-refractivity contribution in [2.24, 2.45) is 0 Å². The Balaban J connectivity index is 2.02. The molecule has 1 aromatic carbocycles. The number of hydrogen-bond acceptors (Lipinski definition) is 2. The second-order valence-electron chi connectivity index (χ2n) is 4.49. The molecule has 2 rings (SSSR count). The first-order chi connectivity index (χ1) is 7.85. The summed E-state index contributed by atoms with van der Waals surface area (Å²) in [6.45, 7) is 7.83. The summed E-state index contributed by atoms with van der Waals surface area (Å²) in [4.78, 5) is 2.52. The molecule has 0 bridgehead atoms. The van der Waals surface area contributed by atoms with E-state index in [9.17, 15) is 0 Å². The van der Waals surface area contributed by atoms with Crippen LogP contribution in [0, 0.1) is 0 Å². The Morgan fingerprint density at radius 2 is 2.12 bits per heavy atom. The van der Waals surface area contributed by atoms with Crippen molar-refractivity contribution in [3.05, 3.63) is 29.8 Å². The van der Waals surface area contributed by atoms with Crippen LogP contribution in [-0.2, 0) is 6.42 Å². The van der Waals surface area contributed by atoms with E-state index >= 15 is 0 Å². The molecule has 0 amide bonds. The van der Waals surface area contributed by atoms with E-state index in [0.29, 0.717) is 6.04 Å². The molecule has 88 valence electrons. The van der Waals surface area contributed by atoms with E-state index in [1.807, 2.05) is 0 Å². The zero-order chi connectivity index (χ0) is 11.4. The molecule has 0 aromatic heterocycles. The normalized spacial score (nSPS) is 16.2. The van der Waals surface area contributed by atoms with Gasteiger partial charge >= 0.3 is 0 Å². The Hall–Kier alpha value is -1.02. The minimum absolute atomic E-state index is 0.621. The van der Waals surface area contributed by atoms with Gasteiger partial charge in [-0.05, 0) is 31.0 Å². The fraction of sp³-hybridized carbons (Fsp3) is 0.571. The van der Waals surface area contributed by atoms with Crippen molar-refractivity contribution in [3.8, 4) is 0 Å². The van der Waals surface area contributed by atoms with Gasteiger partial charge in [-0.15, -0.1) is 0 Å². The van der Waals surface area contributed by atoms with Crippen LogP contribution in [-0.4, -0.2) is 25.7 Å². The molecule has 0 fully saturated rings. The average Bonchev–Trinajstić information content (AvgIpc) is 2.72. The molecule has 2 heteroatoms. The Bertz CT molecular complexity index is 335. The molecule has 1 aliphatic heterocycles. The third kappa shape index (κ3) is 2.38. The molecule has 2 nitrogen and oxygen atoms in total. The monoisotopic (exact) mass is 218 g/mol. The van der Waals surface area contributed by atoms with Gasteiger partial charge in [0.25, 0.3) is 0 Å². The van der Waals surface area contributed by atoms with Gasteiger partial charge in [0.15, 0.2) is 0 Å². The number of para-hydroxylation sites is 1. The van der Waals surface area contributed by atoms with Gasteiger partial charge < -0.3 is 10.2 Å². The Kier molecular flexibility index (Phi) is 3.83. The fourth-order valence-corrected chi connectivity index (χ4v) is 2.49. The van der Waals surface area contributed by atoms with Gasteiger partial charge in [0, 0.05) is 24.8 Å². The van der Waals surface area contributed by atoms with E-state index in [1.165, 1.54) is 30.6 Å². The molecule has 1 unspecified atom stereocenters. The van der Waals surface area contributed by atoms with Crippen molar-refractivity contribution in [1.29, 1.82) is 0 Å². The highest BCUT2D eigenvalue weighted by Gasteiger charge is 2.20. The summed E-state index contributed by atoms with van der Waals surface area (Å²) in [5.41, 5.74) is 2.95. The van der Waals surface area contributed by atoms with Gasteiger partial charge in [0.05, 0.1) is 0 Å². The largest absolute Gasteiger partial charge is 0.369 e. The first kappa shape index (κ1) is 11.5. The third-order valence-corrected chi connectivity index (χ3v) is 3.41. The number of nitrogens with zero attached hydrogens (tertiary/aromatic N) is 1. The lowest BCUT2D eigenvalue weighted by Crippen LogP contribution is -2.40. The zero-order valence-electron chi connectivity index (χ0n) is 10.4. The molecule has 1 heterocycles. The molecule has 0 saturated heterocycles. The van der Waals surface area contributed by atoms with Crippen molar-refractivity contribution in [2.75, 3.05) is 24.5 Å². The highest BCUT2D eigenvalue weighted by molar-refractivity contribution is 5.57. The second-order valence-corrected chi connectivity index (χ2v) is 4.49. The molecule has 0 aliphatic carbocycles. The first-order valence-corrected chi connectivity index (χ1v) is 6.41. The molecule has 0 spiro atoms. The number of benzene rings is 1. The summed E-state index contributed by atoms with van der Waals surface area (Å²) in [5, 5.41) is 3.55. The summed E-state index contributed by atoms with van der Waals surface area (Å²) in [7, 11) is 0. The van der Waals surface area contributed by atoms with E-state index in [1.54, 1.807) is 0 Å². The Labute approximate surface area is 98.7 Å². The lowest BCUT2D eigenvalue weighted by molar-refractivity contribution is 0.507. The third-order valence-electron chi connectivity index (χ3n) is 3.41. The second kappa shape index (κ2) is 5.35. The first-order valence-electron chi connectivity index (χ1n) is 6.41. The van der Waals surface area contributed by atoms with E-state index in [2.05, 4.69) is 48.3 Å². The van der Waals surface area contributed by atoms with Crippen molar-refractivity contribution < 1.29 is 0 Å². The van der Waals surface area contributed by atoms with Crippen LogP contribution in [0.1, 0.15) is 25.8 Å². The number of hydrogen-bond donors (Lipinski definition) is 1. The summed E-state index contributed by atoms with van der Waals surface area (Å²) in [6, 6.07) is 9.41. The van der Waals surface area contributed by atoms with Gasteiger partial charge in [-0.1, -0.05) is 32.0 Å². The Morgan fingerprint density at radius 1 is 1.31 bits per heavy atom. The van der Waals surface area contributed by atoms with Gasteiger partial charge in [-0.3, -0.25) is 0 Å². The number of rotatable bonds is 5. The van der Waals surface area contributed by atoms with Crippen LogP contribution < -0.4 is 10.2 Å². The standard InChI is InChI=1S/C14H22N2/c1-3-13(15-4-2)11-16-10-9-12-7-5-6-8-14(12)16/h5-8,13,15H,3-4,9-11H2,1-2H3. The maximum absolute atomic E-state index is 3.55. The average molecular weight is 218 g/mol. The van der Waals surface area contributed by atoms with Crippen LogP contribution in [0.2, 0.25) is 0 Å². The lowest BCUT2D eigenvalue weighted by Gasteiger charge is -2.25. The summed E-state index contributed by atoms with van der Waals surface area (Å²) < 4.78 is 0. The van der Waals surface area contributed by atoms with Gasteiger partial charge in [-0.25, -0.2) is 0 Å². The van der Waals surface area contributed by atoms with E-state index in [-0.39, 0.29) is 0 Å². The van der Waals surface area contributed by atoms with Crippen LogP contribution in [0.5, 0.6) is 0 Å². The van der Waals surface area contributed by atoms with Crippen LogP contribution in [0.4, 0.5) is 5.69 Å². The molecule has 16 heavy (non-hydrogen) atoms. The van der Waals surface area contributed by atoms with Crippen LogP contribution in [0.15, 0.2) is 24.3 Å². The summed E-state index contributed by atoms with van der Waals surface area (Å²) >= 11 is 0. The molecular formula is C14H22N2. The van der Waals surface area contributed by atoms with E-state index < -0.39 is 0 Å². The van der Waals surface area contributed by atoms with Gasteiger partial charge in [0.2, 0.25) is 0 Å². The number of likely N-dealkylation sites (N-methyl/N-ethyl adjacent to an activating group) is 1. The topological polar surface area (TPSA) is 15.3 Å². The maximum atomic E-state index is 3.55. The SMILES string of the molecule is CCNC(CC)CN1CCc2ccccc21. The molecule has 0 saturated carbocycles. The number of anilines is 1. The van der Waals surface area contributed by atoms with Crippen molar-refractivity contribution in [3.63, 3.8) is 0 Å². The number of nitrogens with one attached hydrogen (secondary N) is 1. The minimum Gasteiger partial charge on any atom is -0.369 e. The lowest BCUT2D eigenvalue weighted by atomic mass is 10.1. The summed E-state index contributed by atoms with van der Waals surface area (Å²) in [5.74, 6) is 0. The van der Waals surface area contributed by atoms with Gasteiger partial charge in [-0.2, -0.15) is 0 Å². The molecule has 0 radical (unpaired) electrons. The smallest absolute Gasteiger partial charge is 0.0400 e. The van der Waals surface area contributed by atoms with E-state index in [0.717, 1.165) is 13.1 Å². The molecular weight excluding hydrogens is 196 g/mol. The van der Waals surface area contributed by atoms with Crippen LogP contribution in [0.25, 0.3) is 0 Å². The molecule has 1 aliphatic rings. The van der Waals surface area contributed by atoms with Crippen molar-refractivity contribution >= 4 is 5.69 Å². The fourth-order valence-electron chi connectivity index (χ4n) is 2.49. The number of fused-ring (bicyclic) bond motifs is 1. The van der Waals surface area contributed by atoms with E-state index in [4.69, 9.17) is 0 Å². The zero-order valence-corrected chi connectivity index (χ0v) is 10.4. The predicted octanol–water partition coefficient (Wildman–Crippen LogP) is 2.44. The van der Waals surface area contributed by atoms with Crippen molar-refractivity contribution in [1.82, 2.24) is 5.32 Å². The Morgan fingerprint density at radius 3 is 2.88 bits per heavy atom. The van der Waals surface area contributed by atoms with Crippen LogP contribution in [0.3, 0.4) is 0 Å². The molecule has 1 aromatic rings.